The number of halogens is 6. The molecule has 1 saturated carbocycles. The molecule has 2 N–H and O–H groups in total. The van der Waals surface area contributed by atoms with Crippen LogP contribution in [-0.2, 0) is 14.3 Å². The van der Waals surface area contributed by atoms with E-state index in [0.29, 0.717) is 5.92 Å². The molecule has 1 unspecified atom stereocenters. The smallest absolute Gasteiger partial charge is 0.490 e. The Kier molecular flexibility index (Phi) is 11.0. The minimum atomic E-state index is -5.08. The van der Waals surface area contributed by atoms with Crippen LogP contribution in [0.3, 0.4) is 0 Å². The number of piperidine rings is 1. The van der Waals surface area contributed by atoms with Crippen molar-refractivity contribution in [1.82, 2.24) is 9.88 Å². The van der Waals surface area contributed by atoms with Crippen molar-refractivity contribution < 1.29 is 55.6 Å². The highest BCUT2D eigenvalue weighted by Gasteiger charge is 2.47. The number of rotatable bonds is 5. The van der Waals surface area contributed by atoms with Gasteiger partial charge < -0.3 is 24.6 Å². The van der Waals surface area contributed by atoms with Crippen LogP contribution in [0.15, 0.2) is 24.5 Å². The van der Waals surface area contributed by atoms with E-state index in [1.807, 2.05) is 12.1 Å². The van der Waals surface area contributed by atoms with Crippen LogP contribution in [0.25, 0.3) is 0 Å². The summed E-state index contributed by atoms with van der Waals surface area (Å²) in [6, 6.07) is 4.78. The molecule has 1 atom stereocenters. The van der Waals surface area contributed by atoms with Crippen molar-refractivity contribution in [3.05, 3.63) is 24.5 Å². The zero-order valence-electron chi connectivity index (χ0n) is 19.9. The van der Waals surface area contributed by atoms with E-state index in [2.05, 4.69) is 9.88 Å². The first-order valence-corrected chi connectivity index (χ1v) is 11.8. The van der Waals surface area contributed by atoms with Gasteiger partial charge in [0.2, 0.25) is 0 Å². The molecule has 210 valence electrons. The molecule has 14 heteroatoms. The molecule has 1 aromatic rings. The van der Waals surface area contributed by atoms with Crippen molar-refractivity contribution in [3.63, 3.8) is 0 Å². The van der Waals surface area contributed by atoms with Gasteiger partial charge in [0.25, 0.3) is 0 Å². The van der Waals surface area contributed by atoms with Crippen LogP contribution in [0.5, 0.6) is 5.75 Å². The molecule has 0 amide bonds. The lowest BCUT2D eigenvalue weighted by Gasteiger charge is -2.47. The molecule has 4 rings (SSSR count). The Bertz CT molecular complexity index is 832. The van der Waals surface area contributed by atoms with Gasteiger partial charge in [-0.2, -0.15) is 26.3 Å². The third-order valence-corrected chi connectivity index (χ3v) is 6.69. The monoisotopic (exact) mass is 544 g/mol. The summed E-state index contributed by atoms with van der Waals surface area (Å²) in [5.41, 5.74) is 0.137. The summed E-state index contributed by atoms with van der Waals surface area (Å²) in [6.45, 7) is 4.16. The number of hydrogen-bond donors (Lipinski definition) is 2. The fourth-order valence-electron chi connectivity index (χ4n) is 4.52. The number of aliphatic carboxylic acids is 2. The second-order valence-corrected chi connectivity index (χ2v) is 8.95. The number of pyridine rings is 1. The van der Waals surface area contributed by atoms with E-state index in [4.69, 9.17) is 29.3 Å². The second-order valence-electron chi connectivity index (χ2n) is 8.95. The normalized spacial score (nSPS) is 21.6. The Balaban J connectivity index is 0.000000286. The van der Waals surface area contributed by atoms with Crippen molar-refractivity contribution >= 4 is 11.9 Å². The van der Waals surface area contributed by atoms with Crippen molar-refractivity contribution in [3.8, 4) is 5.75 Å². The summed E-state index contributed by atoms with van der Waals surface area (Å²) in [6.07, 6.45) is 2.37. The third-order valence-electron chi connectivity index (χ3n) is 6.69. The Morgan fingerprint density at radius 3 is 2.05 bits per heavy atom. The van der Waals surface area contributed by atoms with Gasteiger partial charge in [-0.1, -0.05) is 6.42 Å². The summed E-state index contributed by atoms with van der Waals surface area (Å²) in [5, 5.41) is 14.2. The average molecular weight is 544 g/mol. The number of hydrogen-bond acceptors (Lipinski definition) is 6. The quantitative estimate of drug-likeness (QED) is 0.521. The third kappa shape index (κ3) is 9.65. The Morgan fingerprint density at radius 2 is 1.62 bits per heavy atom. The Labute approximate surface area is 209 Å². The Morgan fingerprint density at radius 1 is 1.05 bits per heavy atom. The first kappa shape index (κ1) is 30.6. The maximum atomic E-state index is 10.6. The topological polar surface area (TPSA) is 109 Å². The summed E-state index contributed by atoms with van der Waals surface area (Å²) >= 11 is 0. The lowest BCUT2D eigenvalue weighted by molar-refractivity contribution is -0.193. The summed E-state index contributed by atoms with van der Waals surface area (Å²) in [4.78, 5) is 24.6. The zero-order valence-corrected chi connectivity index (χ0v) is 19.9. The van der Waals surface area contributed by atoms with E-state index in [1.54, 1.807) is 12.4 Å². The van der Waals surface area contributed by atoms with Gasteiger partial charge in [0.05, 0.1) is 18.4 Å². The standard InChI is InChI=1S/C19H28N2O2.2C2HF3O2/c1-3-17(4-1)21-11-8-19(9-12-21)16(7-14-23-19)6-13-22-18-5-2-10-20-15-18;2*3-2(4,5)1(6)7/h2,5,10,15-17H,1,3-4,6-9,11-14H2;2*(H,6,7). The van der Waals surface area contributed by atoms with Crippen molar-refractivity contribution in [1.29, 1.82) is 0 Å². The molecule has 0 radical (unpaired) electrons. The zero-order chi connectivity index (χ0) is 27.7. The predicted octanol–water partition coefficient (Wildman–Crippen LogP) is 4.54. The van der Waals surface area contributed by atoms with Crippen molar-refractivity contribution in [2.24, 2.45) is 5.92 Å². The number of carboxylic acid groups (broad SMARTS) is 2. The number of likely N-dealkylation sites (tertiary alicyclic amines) is 1. The van der Waals surface area contributed by atoms with Crippen LogP contribution in [-0.4, -0.2) is 82.3 Å². The molecule has 8 nitrogen and oxygen atoms in total. The molecular formula is C23H30F6N2O6. The molecule has 1 aliphatic carbocycles. The molecule has 2 aliphatic heterocycles. The summed E-state index contributed by atoms with van der Waals surface area (Å²) < 4.78 is 75.6. The van der Waals surface area contributed by atoms with Gasteiger partial charge in [-0.05, 0) is 56.6 Å². The minimum Gasteiger partial charge on any atom is -0.492 e. The van der Waals surface area contributed by atoms with E-state index < -0.39 is 24.3 Å². The maximum Gasteiger partial charge on any atom is 0.490 e. The minimum absolute atomic E-state index is 0.137. The van der Waals surface area contributed by atoms with Gasteiger partial charge in [0, 0.05) is 31.9 Å². The van der Waals surface area contributed by atoms with E-state index >= 15 is 0 Å². The second kappa shape index (κ2) is 13.3. The first-order valence-electron chi connectivity index (χ1n) is 11.8. The van der Waals surface area contributed by atoms with Gasteiger partial charge in [0.15, 0.2) is 0 Å². The van der Waals surface area contributed by atoms with Crippen LogP contribution in [0.1, 0.15) is 44.9 Å². The van der Waals surface area contributed by atoms with E-state index in [-0.39, 0.29) is 5.60 Å². The number of nitrogens with zero attached hydrogens (tertiary/aromatic N) is 2. The van der Waals surface area contributed by atoms with Gasteiger partial charge in [-0.3, -0.25) is 4.98 Å². The van der Waals surface area contributed by atoms with E-state index in [9.17, 15) is 26.3 Å². The lowest BCUT2D eigenvalue weighted by Crippen LogP contribution is -2.52. The molecule has 2 saturated heterocycles. The van der Waals surface area contributed by atoms with E-state index in [1.165, 1.54) is 51.6 Å². The van der Waals surface area contributed by atoms with Gasteiger partial charge in [-0.15, -0.1) is 0 Å². The SMILES string of the molecule is O=C(O)C(F)(F)F.O=C(O)C(F)(F)F.c1cncc(OCCC2CCOC23CCN(C2CCC2)CC3)c1. The fraction of sp³-hybridized carbons (Fsp3) is 0.696. The van der Waals surface area contributed by atoms with Gasteiger partial charge in [0.1, 0.15) is 5.75 Å². The number of carboxylic acids is 2. The molecule has 3 heterocycles. The molecule has 3 fully saturated rings. The molecule has 1 spiro atoms. The van der Waals surface area contributed by atoms with Crippen molar-refractivity contribution in [2.45, 2.75) is 68.9 Å². The van der Waals surface area contributed by atoms with Crippen LogP contribution >= 0.6 is 0 Å². The average Bonchev–Trinajstić information content (AvgIpc) is 3.16. The molecule has 3 aliphatic rings. The molecule has 37 heavy (non-hydrogen) atoms. The maximum absolute atomic E-state index is 10.6. The lowest BCUT2D eigenvalue weighted by atomic mass is 9.77. The highest BCUT2D eigenvalue weighted by molar-refractivity contribution is 5.73. The van der Waals surface area contributed by atoms with Crippen LogP contribution in [0.4, 0.5) is 26.3 Å². The number of aromatic nitrogens is 1. The summed E-state index contributed by atoms with van der Waals surface area (Å²) in [5.74, 6) is -3.98. The highest BCUT2D eigenvalue weighted by atomic mass is 19.4. The molecule has 0 aromatic carbocycles. The molecular weight excluding hydrogens is 514 g/mol. The van der Waals surface area contributed by atoms with Crippen LogP contribution in [0.2, 0.25) is 0 Å². The van der Waals surface area contributed by atoms with Gasteiger partial charge in [-0.25, -0.2) is 9.59 Å². The summed E-state index contributed by atoms with van der Waals surface area (Å²) in [7, 11) is 0. The number of carbonyl (C=O) groups is 2. The molecule has 0 bridgehead atoms. The highest BCUT2D eigenvalue weighted by Crippen LogP contribution is 2.43. The first-order chi connectivity index (χ1) is 17.2. The van der Waals surface area contributed by atoms with E-state index in [0.717, 1.165) is 31.4 Å². The largest absolute Gasteiger partial charge is 0.492 e. The molecule has 1 aromatic heterocycles. The van der Waals surface area contributed by atoms with Gasteiger partial charge >= 0.3 is 24.3 Å². The van der Waals surface area contributed by atoms with Crippen LogP contribution in [0, 0.1) is 5.92 Å². The Hall–Kier alpha value is -2.61. The fourth-order valence-corrected chi connectivity index (χ4v) is 4.52. The predicted molar refractivity (Wildman–Crippen MR) is 117 cm³/mol. The number of alkyl halides is 6. The van der Waals surface area contributed by atoms with Crippen molar-refractivity contribution in [2.75, 3.05) is 26.3 Å². The number of ether oxygens (including phenoxy) is 2. The van der Waals surface area contributed by atoms with Crippen LogP contribution < -0.4 is 4.74 Å².